The third-order valence-corrected chi connectivity index (χ3v) is 11.4. The molecule has 0 atom stereocenters. The number of halogens is 6. The molecule has 1 aliphatic carbocycles. The molecule has 16 heteroatoms. The van der Waals surface area contributed by atoms with Crippen LogP contribution in [0.1, 0.15) is 57.4 Å². The van der Waals surface area contributed by atoms with Crippen molar-refractivity contribution >= 4 is 38.7 Å². The molecule has 3 aliphatic rings. The van der Waals surface area contributed by atoms with E-state index in [1.54, 1.807) is 18.2 Å². The summed E-state index contributed by atoms with van der Waals surface area (Å²) in [7, 11) is -3.97. The molecule has 1 amide bonds. The van der Waals surface area contributed by atoms with Gasteiger partial charge in [-0.05, 0) is 83.4 Å². The summed E-state index contributed by atoms with van der Waals surface area (Å²) in [6.45, 7) is 1.13. The molecular formula is C37H31F6N3O6S. The second-order valence-electron chi connectivity index (χ2n) is 12.8. The summed E-state index contributed by atoms with van der Waals surface area (Å²) in [4.78, 5) is 28.1. The third-order valence-electron chi connectivity index (χ3n) is 9.59. The van der Waals surface area contributed by atoms with Crippen LogP contribution in [-0.4, -0.2) is 74.4 Å². The molecule has 0 saturated heterocycles. The molecule has 9 nitrogen and oxygen atoms in total. The number of nitrogens with zero attached hydrogens (tertiary/aromatic N) is 3. The molecule has 0 saturated carbocycles. The van der Waals surface area contributed by atoms with E-state index < -0.39 is 68.1 Å². The molecule has 2 heterocycles. The van der Waals surface area contributed by atoms with E-state index in [4.69, 9.17) is 10.00 Å². The van der Waals surface area contributed by atoms with Crippen LogP contribution >= 0.6 is 0 Å². The van der Waals surface area contributed by atoms with Crippen molar-refractivity contribution in [3.05, 3.63) is 106 Å². The Balaban J connectivity index is 1.73. The standard InChI is InChI=1S/C37H31F6N3O6S/c1-45(34(48)52-18-8-15-44)53(50,51)30-14-5-4-13-27(30)31(24-19-22-9-6-16-46-17-7-10-23(20-24)32(22)46)28-21-29(33(47)26-12-3-2-11-25(26)28)35(49,36(38,39)40)37(41,42)43/h2-5,11-14,19-21,49H,6-10,16-18H2,1H3. The molecule has 0 radical (unpaired) electrons. The molecule has 0 bridgehead atoms. The minimum atomic E-state index is -6.40. The normalized spacial score (nSPS) is 16.9. The first kappa shape index (κ1) is 37.6. The predicted molar refractivity (Wildman–Crippen MR) is 180 cm³/mol. The Morgan fingerprint density at radius 2 is 1.51 bits per heavy atom. The zero-order valence-corrected chi connectivity index (χ0v) is 28.8. The number of rotatable bonds is 7. The Kier molecular flexibility index (Phi) is 9.71. The Bertz CT molecular complexity index is 2180. The number of carbonyl (C=O) groups excluding carboxylic acids is 2. The van der Waals surface area contributed by atoms with Crippen molar-refractivity contribution in [3.8, 4) is 6.07 Å². The average molecular weight is 760 g/mol. The van der Waals surface area contributed by atoms with Crippen molar-refractivity contribution in [2.45, 2.75) is 55.0 Å². The van der Waals surface area contributed by atoms with Crippen LogP contribution in [0.2, 0.25) is 0 Å². The van der Waals surface area contributed by atoms with Gasteiger partial charge in [0.2, 0.25) is 0 Å². The number of fused-ring (bicyclic) bond motifs is 1. The minimum absolute atomic E-state index is 0.118. The van der Waals surface area contributed by atoms with Crippen LogP contribution in [0.25, 0.3) is 11.1 Å². The first-order valence-corrected chi connectivity index (χ1v) is 17.9. The molecule has 0 fully saturated rings. The Hall–Kier alpha value is -5.14. The highest BCUT2D eigenvalue weighted by Gasteiger charge is 2.73. The summed E-state index contributed by atoms with van der Waals surface area (Å²) >= 11 is 0. The highest BCUT2D eigenvalue weighted by molar-refractivity contribution is 7.89. The zero-order chi connectivity index (χ0) is 38.5. The Morgan fingerprint density at radius 1 is 0.943 bits per heavy atom. The van der Waals surface area contributed by atoms with Gasteiger partial charge in [0.25, 0.3) is 15.6 Å². The average Bonchev–Trinajstić information content (AvgIpc) is 3.11. The molecule has 3 aromatic rings. The summed E-state index contributed by atoms with van der Waals surface area (Å²) < 4.78 is 120. The van der Waals surface area contributed by atoms with Crippen molar-refractivity contribution < 1.29 is 54.2 Å². The maximum Gasteiger partial charge on any atom is 0.430 e. The molecule has 1 N–H and O–H groups in total. The van der Waals surface area contributed by atoms with Gasteiger partial charge in [-0.3, -0.25) is 4.79 Å². The number of anilines is 1. The minimum Gasteiger partial charge on any atom is -0.448 e. The zero-order valence-electron chi connectivity index (χ0n) is 28.0. The second kappa shape index (κ2) is 13.7. The molecule has 53 heavy (non-hydrogen) atoms. The monoisotopic (exact) mass is 759 g/mol. The quantitative estimate of drug-likeness (QED) is 0.202. The number of amides is 1. The van der Waals surface area contributed by atoms with Crippen molar-refractivity contribution in [1.82, 2.24) is 4.31 Å². The number of Topliss-reactive ketones (excluding diaryl/α,β-unsaturated/α-hetero) is 1. The molecule has 0 spiro atoms. The van der Waals surface area contributed by atoms with E-state index in [9.17, 15) is 49.5 Å². The number of carbonyl (C=O) groups is 2. The van der Waals surface area contributed by atoms with Crippen molar-refractivity contribution in [2.24, 2.45) is 0 Å². The fourth-order valence-electron chi connectivity index (χ4n) is 7.11. The highest BCUT2D eigenvalue weighted by atomic mass is 32.2. The number of benzene rings is 3. The Labute approximate surface area is 300 Å². The van der Waals surface area contributed by atoms with E-state index in [1.807, 2.05) is 0 Å². The van der Waals surface area contributed by atoms with E-state index >= 15 is 0 Å². The first-order valence-electron chi connectivity index (χ1n) is 16.4. The van der Waals surface area contributed by atoms with Gasteiger partial charge in [0.15, 0.2) is 5.78 Å². The molecule has 2 aliphatic heterocycles. The summed E-state index contributed by atoms with van der Waals surface area (Å²) in [6, 6.07) is 15.2. The van der Waals surface area contributed by atoms with Gasteiger partial charge in [-0.25, -0.2) is 17.5 Å². The van der Waals surface area contributed by atoms with E-state index in [0.29, 0.717) is 18.9 Å². The van der Waals surface area contributed by atoms with Gasteiger partial charge in [0, 0.05) is 37.0 Å². The topological polar surface area (TPSA) is 128 Å². The van der Waals surface area contributed by atoms with Gasteiger partial charge in [0.05, 0.1) is 23.0 Å². The van der Waals surface area contributed by atoms with Crippen molar-refractivity contribution in [3.63, 3.8) is 0 Å². The largest absolute Gasteiger partial charge is 0.448 e. The molecule has 0 unspecified atom stereocenters. The van der Waals surface area contributed by atoms with E-state index in [2.05, 4.69) is 4.90 Å². The number of hydrogen-bond donors (Lipinski definition) is 1. The fraction of sp³-hybridized carbons (Fsp3) is 0.324. The number of ketones is 1. The van der Waals surface area contributed by atoms with Crippen molar-refractivity contribution in [2.75, 3.05) is 31.6 Å². The van der Waals surface area contributed by atoms with Gasteiger partial charge in [-0.15, -0.1) is 0 Å². The highest BCUT2D eigenvalue weighted by Crippen LogP contribution is 2.52. The summed E-state index contributed by atoms with van der Waals surface area (Å²) in [5, 5.41) is 19.4. The lowest BCUT2D eigenvalue weighted by Crippen LogP contribution is -2.59. The van der Waals surface area contributed by atoms with Crippen LogP contribution in [0.15, 0.2) is 77.2 Å². The number of nitriles is 1. The number of aryl methyl sites for hydroxylation is 2. The van der Waals surface area contributed by atoms with Gasteiger partial charge < -0.3 is 14.7 Å². The first-order chi connectivity index (χ1) is 24.9. The van der Waals surface area contributed by atoms with Crippen molar-refractivity contribution in [1.29, 1.82) is 5.26 Å². The lowest BCUT2D eigenvalue weighted by molar-refractivity contribution is -0.350. The lowest BCUT2D eigenvalue weighted by atomic mass is 9.75. The lowest BCUT2D eigenvalue weighted by Gasteiger charge is -2.38. The van der Waals surface area contributed by atoms with Crippen LogP contribution in [0.5, 0.6) is 0 Å². The van der Waals surface area contributed by atoms with Crippen LogP contribution in [-0.2, 0) is 27.6 Å². The third kappa shape index (κ3) is 6.35. The smallest absolute Gasteiger partial charge is 0.430 e. The van der Waals surface area contributed by atoms with Gasteiger partial charge in [-0.2, -0.15) is 31.6 Å². The van der Waals surface area contributed by atoms with Gasteiger partial charge in [-0.1, -0.05) is 42.5 Å². The number of sulfonamides is 1. The summed E-state index contributed by atoms with van der Waals surface area (Å²) in [5.41, 5.74) is -6.30. The molecule has 0 aromatic heterocycles. The number of aliphatic hydroxyl groups is 1. The Morgan fingerprint density at radius 3 is 2.09 bits per heavy atom. The molecule has 6 rings (SSSR count). The second-order valence-corrected chi connectivity index (χ2v) is 14.7. The van der Waals surface area contributed by atoms with Crippen LogP contribution in [0.4, 0.5) is 36.8 Å². The van der Waals surface area contributed by atoms with Gasteiger partial charge in [0.1, 0.15) is 6.61 Å². The fourth-order valence-corrected chi connectivity index (χ4v) is 8.36. The van der Waals surface area contributed by atoms with Crippen LogP contribution in [0, 0.1) is 11.3 Å². The maximum atomic E-state index is 14.4. The molecule has 3 aromatic carbocycles. The maximum absolute atomic E-state index is 14.4. The summed E-state index contributed by atoms with van der Waals surface area (Å²) in [6.07, 6.45) is -11.4. The van der Waals surface area contributed by atoms with Crippen LogP contribution < -0.4 is 4.90 Å². The van der Waals surface area contributed by atoms with E-state index in [-0.39, 0.29) is 33.0 Å². The SMILES string of the molecule is CN(C(=O)OCCC#N)S(=O)(=O)c1ccccc1C(=C1C=C(C(O)(C(F)(F)F)C(F)(F)F)C(=O)c2ccccc21)c1cc2c3c(c1)CCCN3CCC2. The van der Waals surface area contributed by atoms with Gasteiger partial charge >= 0.3 is 18.4 Å². The van der Waals surface area contributed by atoms with E-state index in [1.165, 1.54) is 36.4 Å². The molecule has 278 valence electrons. The summed E-state index contributed by atoms with van der Waals surface area (Å²) in [5.74, 6) is -1.72. The predicted octanol–water partition coefficient (Wildman–Crippen LogP) is 6.99. The number of ether oxygens (including phenoxy) is 1. The number of hydrogen-bond acceptors (Lipinski definition) is 8. The molecular weight excluding hydrogens is 728 g/mol. The van der Waals surface area contributed by atoms with Crippen LogP contribution in [0.3, 0.4) is 0 Å². The number of allylic oxidation sites excluding steroid dienone is 2. The number of alkyl halides is 6. The van der Waals surface area contributed by atoms with E-state index in [0.717, 1.165) is 61.9 Å².